The molecule has 0 saturated carbocycles. The van der Waals surface area contributed by atoms with Crippen molar-refractivity contribution in [1.82, 2.24) is 9.55 Å². The Morgan fingerprint density at radius 2 is 1.76 bits per heavy atom. The van der Waals surface area contributed by atoms with E-state index in [-0.39, 0.29) is 24.2 Å². The van der Waals surface area contributed by atoms with Crippen LogP contribution in [-0.4, -0.2) is 34.3 Å². The highest BCUT2D eigenvalue weighted by molar-refractivity contribution is 5.92. The summed E-state index contributed by atoms with van der Waals surface area (Å²) in [6, 6.07) is 22.9. The molecule has 1 heterocycles. The number of aromatic carboxylic acids is 1. The fourth-order valence-electron chi connectivity index (χ4n) is 4.57. The topological polar surface area (TPSA) is 97.4 Å². The van der Waals surface area contributed by atoms with Gasteiger partial charge in [-0.05, 0) is 65.2 Å². The van der Waals surface area contributed by atoms with E-state index >= 15 is 4.39 Å². The zero-order valence-corrected chi connectivity index (χ0v) is 22.1. The smallest absolute Gasteiger partial charge is 0.335 e. The number of aromatic nitrogens is 2. The Morgan fingerprint density at radius 1 is 0.976 bits per heavy atom. The number of fused-ring (bicyclic) bond motifs is 1. The summed E-state index contributed by atoms with van der Waals surface area (Å²) in [6.45, 7) is 0.796. The molecule has 1 N–H and O–H groups in total. The van der Waals surface area contributed by atoms with Crippen molar-refractivity contribution in [2.45, 2.75) is 19.6 Å². The Kier molecular flexibility index (Phi) is 8.04. The van der Waals surface area contributed by atoms with Gasteiger partial charge in [0.1, 0.15) is 29.8 Å². The second-order valence-corrected chi connectivity index (χ2v) is 9.40. The minimum absolute atomic E-state index is 0.0215. The first kappa shape index (κ1) is 27.5. The molecule has 0 radical (unpaired) electrons. The number of carboxylic acids is 1. The van der Waals surface area contributed by atoms with Gasteiger partial charge in [0.05, 0.1) is 34.8 Å². The highest BCUT2D eigenvalue weighted by atomic mass is 19.1. The summed E-state index contributed by atoms with van der Waals surface area (Å²) in [4.78, 5) is 16.1. The second kappa shape index (κ2) is 12.0. The van der Waals surface area contributed by atoms with Crippen molar-refractivity contribution in [1.29, 1.82) is 5.26 Å². The Morgan fingerprint density at radius 3 is 2.49 bits per heavy atom. The molecule has 41 heavy (non-hydrogen) atoms. The first-order valence-corrected chi connectivity index (χ1v) is 12.8. The normalized spacial score (nSPS) is 11.0. The average molecular weight is 554 g/mol. The number of halogens is 2. The number of hydrogen-bond acceptors (Lipinski definition) is 5. The molecular formula is C32H25F2N3O4. The van der Waals surface area contributed by atoms with E-state index in [2.05, 4.69) is 4.98 Å². The van der Waals surface area contributed by atoms with Crippen LogP contribution in [0.2, 0.25) is 0 Å². The Hall–Kier alpha value is -5.07. The number of imidazole rings is 1. The van der Waals surface area contributed by atoms with Gasteiger partial charge in [-0.2, -0.15) is 5.26 Å². The first-order chi connectivity index (χ1) is 19.9. The zero-order chi connectivity index (χ0) is 28.9. The third-order valence-corrected chi connectivity index (χ3v) is 6.74. The molecule has 0 saturated heterocycles. The van der Waals surface area contributed by atoms with Gasteiger partial charge >= 0.3 is 5.97 Å². The van der Waals surface area contributed by atoms with Crippen molar-refractivity contribution in [3.63, 3.8) is 0 Å². The number of hydrogen-bond donors (Lipinski definition) is 1. The summed E-state index contributed by atoms with van der Waals surface area (Å²) in [5.41, 5.74) is 3.76. The number of benzene rings is 4. The van der Waals surface area contributed by atoms with Crippen LogP contribution in [0.5, 0.6) is 5.75 Å². The molecule has 4 aromatic carbocycles. The molecule has 0 aliphatic rings. The third kappa shape index (κ3) is 6.08. The van der Waals surface area contributed by atoms with Crippen LogP contribution in [0.1, 0.15) is 32.9 Å². The maximum Gasteiger partial charge on any atom is 0.335 e. The van der Waals surface area contributed by atoms with Crippen molar-refractivity contribution < 1.29 is 28.2 Å². The van der Waals surface area contributed by atoms with Gasteiger partial charge in [0.15, 0.2) is 0 Å². The minimum atomic E-state index is -1.04. The molecule has 0 aliphatic heterocycles. The van der Waals surface area contributed by atoms with Crippen molar-refractivity contribution in [3.8, 4) is 22.9 Å². The predicted molar refractivity (Wildman–Crippen MR) is 149 cm³/mol. The minimum Gasteiger partial charge on any atom is -0.489 e. The fraction of sp³-hybridized carbons (Fsp3) is 0.156. The number of carbonyl (C=O) groups is 1. The molecule has 0 spiro atoms. The lowest BCUT2D eigenvalue weighted by molar-refractivity contribution is 0.0697. The van der Waals surface area contributed by atoms with Crippen molar-refractivity contribution in [3.05, 3.63) is 119 Å². The lowest BCUT2D eigenvalue weighted by Crippen LogP contribution is -2.10. The van der Waals surface area contributed by atoms with Crippen LogP contribution in [0.25, 0.3) is 22.2 Å². The van der Waals surface area contributed by atoms with Gasteiger partial charge in [-0.25, -0.2) is 18.6 Å². The molecular weight excluding hydrogens is 528 g/mol. The van der Waals surface area contributed by atoms with Crippen molar-refractivity contribution in [2.24, 2.45) is 0 Å². The number of nitriles is 1. The van der Waals surface area contributed by atoms with Gasteiger partial charge in [-0.3, -0.25) is 0 Å². The molecule has 9 heteroatoms. The van der Waals surface area contributed by atoms with Crippen LogP contribution >= 0.6 is 0 Å². The van der Waals surface area contributed by atoms with Crippen LogP contribution < -0.4 is 4.74 Å². The molecule has 206 valence electrons. The number of ether oxygens (including phenoxy) is 2. The molecule has 1 aromatic heterocycles. The molecule has 0 fully saturated rings. The molecule has 5 rings (SSSR count). The summed E-state index contributed by atoms with van der Waals surface area (Å²) in [5.74, 6) is -0.883. The monoisotopic (exact) mass is 553 g/mol. The van der Waals surface area contributed by atoms with E-state index in [0.717, 1.165) is 5.56 Å². The predicted octanol–water partition coefficient (Wildman–Crippen LogP) is 6.37. The van der Waals surface area contributed by atoms with Gasteiger partial charge in [-0.15, -0.1) is 0 Å². The number of rotatable bonds is 10. The lowest BCUT2D eigenvalue weighted by Gasteiger charge is -2.11. The number of methoxy groups -OCH3 is 1. The van der Waals surface area contributed by atoms with Crippen LogP contribution in [0, 0.1) is 23.0 Å². The fourth-order valence-corrected chi connectivity index (χ4v) is 4.57. The van der Waals surface area contributed by atoms with Crippen LogP contribution in [-0.2, 0) is 24.3 Å². The lowest BCUT2D eigenvalue weighted by atomic mass is 10.0. The summed E-state index contributed by atoms with van der Waals surface area (Å²) >= 11 is 0. The van der Waals surface area contributed by atoms with Gasteiger partial charge in [0.25, 0.3) is 0 Å². The standard InChI is InChI=1S/C32H25F2N3O4/c1-40-12-11-37-30-16-24(32(38)39)9-10-29(30)36-31(37)17-23-8-7-22(15-28(23)34)21-3-2-4-26(14-21)41-19-25-6-5-20(18-35)13-27(25)33/h2-10,13-16H,11-12,17,19H2,1H3,(H,38,39). The van der Waals surface area contributed by atoms with Crippen LogP contribution in [0.3, 0.4) is 0 Å². The largest absolute Gasteiger partial charge is 0.489 e. The molecule has 0 atom stereocenters. The first-order valence-electron chi connectivity index (χ1n) is 12.8. The molecule has 7 nitrogen and oxygen atoms in total. The Bertz CT molecular complexity index is 1790. The summed E-state index contributed by atoms with van der Waals surface area (Å²) < 4.78 is 42.4. The summed E-state index contributed by atoms with van der Waals surface area (Å²) in [6.07, 6.45) is 0.201. The zero-order valence-electron chi connectivity index (χ0n) is 22.1. The van der Waals surface area contributed by atoms with Gasteiger partial charge in [0, 0.05) is 25.6 Å². The van der Waals surface area contributed by atoms with E-state index in [1.165, 1.54) is 30.3 Å². The molecule has 5 aromatic rings. The van der Waals surface area contributed by atoms with E-state index in [4.69, 9.17) is 14.7 Å². The van der Waals surface area contributed by atoms with Crippen molar-refractivity contribution in [2.75, 3.05) is 13.7 Å². The van der Waals surface area contributed by atoms with Gasteiger partial charge in [0.2, 0.25) is 0 Å². The highest BCUT2D eigenvalue weighted by Crippen LogP contribution is 2.28. The molecule has 0 bridgehead atoms. The van der Waals surface area contributed by atoms with E-state index in [0.29, 0.717) is 52.4 Å². The maximum atomic E-state index is 15.4. The van der Waals surface area contributed by atoms with E-state index in [1.807, 2.05) is 22.8 Å². The molecule has 0 amide bonds. The van der Waals surface area contributed by atoms with Crippen molar-refractivity contribution >= 4 is 17.0 Å². The van der Waals surface area contributed by atoms with Gasteiger partial charge in [-0.1, -0.05) is 30.3 Å². The van der Waals surface area contributed by atoms with Crippen LogP contribution in [0.15, 0.2) is 78.9 Å². The Balaban J connectivity index is 1.36. The second-order valence-electron chi connectivity index (χ2n) is 9.40. The highest BCUT2D eigenvalue weighted by Gasteiger charge is 2.16. The van der Waals surface area contributed by atoms with E-state index in [1.54, 1.807) is 43.5 Å². The average Bonchev–Trinajstić information content (AvgIpc) is 3.32. The number of nitrogens with zero attached hydrogens (tertiary/aromatic N) is 3. The third-order valence-electron chi connectivity index (χ3n) is 6.74. The summed E-state index contributed by atoms with van der Waals surface area (Å²) in [7, 11) is 1.57. The van der Waals surface area contributed by atoms with Crippen LogP contribution in [0.4, 0.5) is 8.78 Å². The maximum absolute atomic E-state index is 15.4. The Labute approximate surface area is 234 Å². The molecule has 0 unspecified atom stereocenters. The van der Waals surface area contributed by atoms with Gasteiger partial charge < -0.3 is 19.1 Å². The number of carboxylic acid groups (broad SMARTS) is 1. The SMILES string of the molecule is COCCn1c(Cc2ccc(-c3cccc(OCc4ccc(C#N)cc4F)c3)cc2F)nc2ccc(C(=O)O)cc21. The quantitative estimate of drug-likeness (QED) is 0.216. The van der Waals surface area contributed by atoms with E-state index < -0.39 is 17.6 Å². The summed E-state index contributed by atoms with van der Waals surface area (Å²) in [5, 5.41) is 18.3. The molecule has 0 aliphatic carbocycles. The van der Waals surface area contributed by atoms with E-state index in [9.17, 15) is 14.3 Å².